The molecule has 1 aromatic carbocycles. The van der Waals surface area contributed by atoms with Gasteiger partial charge in [0.25, 0.3) is 0 Å². The molecule has 3 rings (SSSR count). The Bertz CT molecular complexity index is 527. The molecule has 0 aliphatic carbocycles. The third-order valence-electron chi connectivity index (χ3n) is 4.94. The van der Waals surface area contributed by atoms with Gasteiger partial charge in [-0.15, -0.1) is 0 Å². The zero-order valence-electron chi connectivity index (χ0n) is 13.3. The predicted octanol–water partition coefficient (Wildman–Crippen LogP) is 2.59. The summed E-state index contributed by atoms with van der Waals surface area (Å²) in [5.41, 5.74) is 4.01. The largest absolute Gasteiger partial charge is 0.493 e. The number of hydrogen-bond acceptors (Lipinski definition) is 4. The quantitative estimate of drug-likeness (QED) is 0.663. The maximum absolute atomic E-state index is 6.24. The van der Waals surface area contributed by atoms with E-state index in [1.54, 1.807) is 0 Å². The lowest BCUT2D eigenvalue weighted by atomic mass is 9.75. The molecule has 3 unspecified atom stereocenters. The summed E-state index contributed by atoms with van der Waals surface area (Å²) in [6, 6.07) is 8.39. The minimum Gasteiger partial charge on any atom is -0.493 e. The van der Waals surface area contributed by atoms with Crippen LogP contribution in [-0.4, -0.2) is 23.9 Å². The summed E-state index contributed by atoms with van der Waals surface area (Å²) in [5, 5.41) is 0. The van der Waals surface area contributed by atoms with Crippen molar-refractivity contribution in [1.29, 1.82) is 0 Å². The molecule has 2 aliphatic heterocycles. The van der Waals surface area contributed by atoms with Gasteiger partial charge < -0.3 is 9.47 Å². The number of hydrazine groups is 1. The molecule has 2 aliphatic rings. The lowest BCUT2D eigenvalue weighted by Crippen LogP contribution is -2.50. The Kier molecular flexibility index (Phi) is 3.51. The van der Waals surface area contributed by atoms with Crippen molar-refractivity contribution in [1.82, 2.24) is 5.43 Å². The standard InChI is InChI=1S/C17H26N2O2/c1-16(2)9-13(17(3,4)21-16)15(19-18)12-10-20-14-8-6-5-7-11(12)14/h5-8,12-13,15,19H,9-10,18H2,1-4H3. The highest BCUT2D eigenvalue weighted by Gasteiger charge is 2.51. The Hall–Kier alpha value is -1.10. The van der Waals surface area contributed by atoms with Crippen molar-refractivity contribution in [2.24, 2.45) is 11.8 Å². The van der Waals surface area contributed by atoms with Gasteiger partial charge in [-0.25, -0.2) is 0 Å². The zero-order valence-corrected chi connectivity index (χ0v) is 13.3. The van der Waals surface area contributed by atoms with Crippen LogP contribution in [0.4, 0.5) is 0 Å². The van der Waals surface area contributed by atoms with Crippen LogP contribution in [0.1, 0.15) is 45.6 Å². The van der Waals surface area contributed by atoms with Gasteiger partial charge in [0.1, 0.15) is 5.75 Å². The highest BCUT2D eigenvalue weighted by molar-refractivity contribution is 5.41. The van der Waals surface area contributed by atoms with E-state index in [9.17, 15) is 0 Å². The van der Waals surface area contributed by atoms with Gasteiger partial charge in [0.2, 0.25) is 0 Å². The van der Waals surface area contributed by atoms with Gasteiger partial charge in [-0.3, -0.25) is 11.3 Å². The van der Waals surface area contributed by atoms with E-state index in [0.29, 0.717) is 12.5 Å². The van der Waals surface area contributed by atoms with E-state index in [4.69, 9.17) is 15.3 Å². The van der Waals surface area contributed by atoms with Crippen LogP contribution < -0.4 is 16.0 Å². The van der Waals surface area contributed by atoms with Crippen molar-refractivity contribution in [2.75, 3.05) is 6.61 Å². The maximum Gasteiger partial charge on any atom is 0.122 e. The normalized spacial score (nSPS) is 30.7. The van der Waals surface area contributed by atoms with Crippen LogP contribution in [-0.2, 0) is 4.74 Å². The second-order valence-corrected chi connectivity index (χ2v) is 7.42. The van der Waals surface area contributed by atoms with Gasteiger partial charge >= 0.3 is 0 Å². The summed E-state index contributed by atoms with van der Waals surface area (Å²) in [7, 11) is 0. The van der Waals surface area contributed by atoms with E-state index in [0.717, 1.165) is 12.2 Å². The number of para-hydroxylation sites is 1. The topological polar surface area (TPSA) is 56.5 Å². The van der Waals surface area contributed by atoms with Crippen molar-refractivity contribution >= 4 is 0 Å². The van der Waals surface area contributed by atoms with Gasteiger partial charge in [-0.05, 0) is 40.2 Å². The molecule has 0 radical (unpaired) electrons. The second kappa shape index (κ2) is 4.97. The molecule has 0 amide bonds. The van der Waals surface area contributed by atoms with Crippen molar-refractivity contribution in [3.05, 3.63) is 29.8 Å². The Balaban J connectivity index is 1.90. The highest BCUT2D eigenvalue weighted by atomic mass is 16.5. The Morgan fingerprint density at radius 2 is 1.95 bits per heavy atom. The molecular weight excluding hydrogens is 264 g/mol. The Morgan fingerprint density at radius 3 is 2.57 bits per heavy atom. The van der Waals surface area contributed by atoms with Gasteiger partial charge in [-0.2, -0.15) is 0 Å². The summed E-state index contributed by atoms with van der Waals surface area (Å²) in [4.78, 5) is 0. The molecule has 4 heteroatoms. The molecule has 0 saturated carbocycles. The minimum atomic E-state index is -0.196. The van der Waals surface area contributed by atoms with E-state index in [-0.39, 0.29) is 23.2 Å². The Morgan fingerprint density at radius 1 is 1.24 bits per heavy atom. The maximum atomic E-state index is 6.24. The summed E-state index contributed by atoms with van der Waals surface area (Å²) < 4.78 is 12.1. The van der Waals surface area contributed by atoms with Crippen LogP contribution in [0.3, 0.4) is 0 Å². The molecule has 0 aromatic heterocycles. The lowest BCUT2D eigenvalue weighted by molar-refractivity contribution is -0.0786. The first-order valence-corrected chi connectivity index (χ1v) is 7.72. The molecule has 116 valence electrons. The molecule has 2 heterocycles. The molecular formula is C17H26N2O2. The van der Waals surface area contributed by atoms with E-state index in [2.05, 4.69) is 45.3 Å². The number of nitrogens with two attached hydrogens (primary N) is 1. The summed E-state index contributed by atoms with van der Waals surface area (Å²) in [6.07, 6.45) is 0.994. The molecule has 3 atom stereocenters. The zero-order chi connectivity index (χ0) is 15.3. The number of ether oxygens (including phenoxy) is 2. The SMILES string of the molecule is CC1(C)CC(C(NN)C2COc3ccccc32)C(C)(C)O1. The fourth-order valence-corrected chi connectivity index (χ4v) is 4.16. The number of fused-ring (bicyclic) bond motifs is 1. The van der Waals surface area contributed by atoms with Crippen LogP contribution >= 0.6 is 0 Å². The molecule has 1 aromatic rings. The van der Waals surface area contributed by atoms with Gasteiger partial charge in [0.05, 0.1) is 17.8 Å². The molecule has 1 saturated heterocycles. The fraction of sp³-hybridized carbons (Fsp3) is 0.647. The molecule has 4 nitrogen and oxygen atoms in total. The average molecular weight is 290 g/mol. The average Bonchev–Trinajstić information content (AvgIpc) is 2.90. The second-order valence-electron chi connectivity index (χ2n) is 7.42. The first-order valence-electron chi connectivity index (χ1n) is 7.72. The summed E-state index contributed by atoms with van der Waals surface area (Å²) in [5.74, 6) is 7.54. The summed E-state index contributed by atoms with van der Waals surface area (Å²) in [6.45, 7) is 9.32. The Labute approximate surface area is 127 Å². The van der Waals surface area contributed by atoms with Crippen LogP contribution in [0, 0.1) is 5.92 Å². The van der Waals surface area contributed by atoms with Gasteiger partial charge in [-0.1, -0.05) is 18.2 Å². The smallest absolute Gasteiger partial charge is 0.122 e. The van der Waals surface area contributed by atoms with E-state index < -0.39 is 0 Å². The van der Waals surface area contributed by atoms with Crippen molar-refractivity contribution in [2.45, 2.75) is 57.3 Å². The van der Waals surface area contributed by atoms with E-state index in [1.807, 2.05) is 12.1 Å². The van der Waals surface area contributed by atoms with Crippen molar-refractivity contribution < 1.29 is 9.47 Å². The number of nitrogens with one attached hydrogen (secondary N) is 1. The fourth-order valence-electron chi connectivity index (χ4n) is 4.16. The first kappa shape index (κ1) is 14.8. The van der Waals surface area contributed by atoms with Crippen LogP contribution in [0.2, 0.25) is 0 Å². The van der Waals surface area contributed by atoms with Crippen LogP contribution in [0.15, 0.2) is 24.3 Å². The van der Waals surface area contributed by atoms with E-state index >= 15 is 0 Å². The van der Waals surface area contributed by atoms with Crippen molar-refractivity contribution in [3.63, 3.8) is 0 Å². The van der Waals surface area contributed by atoms with E-state index in [1.165, 1.54) is 5.56 Å². The lowest BCUT2D eigenvalue weighted by Gasteiger charge is -2.35. The number of benzene rings is 1. The third-order valence-corrected chi connectivity index (χ3v) is 4.94. The molecule has 3 N–H and O–H groups in total. The summed E-state index contributed by atoms with van der Waals surface area (Å²) >= 11 is 0. The number of hydrogen-bond donors (Lipinski definition) is 2. The molecule has 1 fully saturated rings. The number of rotatable bonds is 3. The molecule has 0 spiro atoms. The van der Waals surface area contributed by atoms with Gasteiger partial charge in [0.15, 0.2) is 0 Å². The minimum absolute atomic E-state index is 0.109. The predicted molar refractivity (Wildman–Crippen MR) is 83.1 cm³/mol. The van der Waals surface area contributed by atoms with Crippen molar-refractivity contribution in [3.8, 4) is 5.75 Å². The van der Waals surface area contributed by atoms with Crippen LogP contribution in [0.5, 0.6) is 5.75 Å². The first-order chi connectivity index (χ1) is 9.84. The molecule has 21 heavy (non-hydrogen) atoms. The molecule has 0 bridgehead atoms. The van der Waals surface area contributed by atoms with Crippen LogP contribution in [0.25, 0.3) is 0 Å². The monoisotopic (exact) mass is 290 g/mol. The highest BCUT2D eigenvalue weighted by Crippen LogP contribution is 2.48. The van der Waals surface area contributed by atoms with Gasteiger partial charge in [0, 0.05) is 23.4 Å². The third kappa shape index (κ3) is 2.56.